The molecule has 0 spiro atoms. The molecule has 0 saturated carbocycles. The summed E-state index contributed by atoms with van der Waals surface area (Å²) in [6, 6.07) is 20.6. The summed E-state index contributed by atoms with van der Waals surface area (Å²) in [6.07, 6.45) is 2.85. The molecule has 0 atom stereocenters. The van der Waals surface area contributed by atoms with Gasteiger partial charge in [-0.05, 0) is 35.7 Å². The van der Waals surface area contributed by atoms with Gasteiger partial charge in [-0.3, -0.25) is 0 Å². The molecule has 0 amide bonds. The van der Waals surface area contributed by atoms with Crippen molar-refractivity contribution in [2.75, 3.05) is 16.8 Å². The Hall–Kier alpha value is -2.88. The lowest BCUT2D eigenvalue weighted by Gasteiger charge is -2.28. The minimum absolute atomic E-state index is 0.778. The molecule has 2 heterocycles. The highest BCUT2D eigenvalue weighted by molar-refractivity contribution is 5.57. The molecule has 0 fully saturated rings. The van der Waals surface area contributed by atoms with Crippen molar-refractivity contribution in [3.05, 3.63) is 78.0 Å². The maximum absolute atomic E-state index is 4.67. The van der Waals surface area contributed by atoms with E-state index in [4.69, 9.17) is 0 Å². The van der Waals surface area contributed by atoms with Gasteiger partial charge in [-0.25, -0.2) is 4.98 Å². The Labute approximate surface area is 135 Å². The molecule has 1 aromatic heterocycles. The normalized spacial score (nSPS) is 13.5. The first-order chi connectivity index (χ1) is 11.4. The van der Waals surface area contributed by atoms with Crippen molar-refractivity contribution < 1.29 is 0 Å². The van der Waals surface area contributed by atoms with Gasteiger partial charge >= 0.3 is 0 Å². The van der Waals surface area contributed by atoms with Crippen LogP contribution in [0.3, 0.4) is 0 Å². The number of benzene rings is 2. The summed E-state index contributed by atoms with van der Waals surface area (Å²) in [6.45, 7) is 1.82. The van der Waals surface area contributed by atoms with Crippen molar-refractivity contribution in [3.63, 3.8) is 0 Å². The van der Waals surface area contributed by atoms with Gasteiger partial charge in [0.05, 0.1) is 0 Å². The Morgan fingerprint density at radius 3 is 2.52 bits per heavy atom. The summed E-state index contributed by atoms with van der Waals surface area (Å²) >= 11 is 0. The average molecular weight is 302 g/mol. The first-order valence-electron chi connectivity index (χ1n) is 7.85. The highest BCUT2D eigenvalue weighted by Gasteiger charge is 2.18. The van der Waals surface area contributed by atoms with Crippen LogP contribution >= 0.6 is 0 Å². The van der Waals surface area contributed by atoms with Crippen LogP contribution in [0.15, 0.2) is 66.9 Å². The predicted octanol–water partition coefficient (Wildman–Crippen LogP) is 3.78. The molecule has 3 aromatic rings. The van der Waals surface area contributed by atoms with Gasteiger partial charge in [-0.15, -0.1) is 0 Å². The molecule has 4 rings (SSSR count). The summed E-state index contributed by atoms with van der Waals surface area (Å²) in [5.74, 6) is 1.60. The second kappa shape index (κ2) is 6.08. The lowest BCUT2D eigenvalue weighted by molar-refractivity contribution is 0.708. The monoisotopic (exact) mass is 302 g/mol. The molecule has 4 nitrogen and oxygen atoms in total. The van der Waals surface area contributed by atoms with E-state index in [0.29, 0.717) is 0 Å². The van der Waals surface area contributed by atoms with Gasteiger partial charge in [-0.2, -0.15) is 4.98 Å². The van der Waals surface area contributed by atoms with E-state index in [9.17, 15) is 0 Å². The van der Waals surface area contributed by atoms with Gasteiger partial charge in [0.25, 0.3) is 0 Å². The summed E-state index contributed by atoms with van der Waals surface area (Å²) in [5.41, 5.74) is 3.83. The van der Waals surface area contributed by atoms with Crippen molar-refractivity contribution in [1.82, 2.24) is 9.97 Å². The SMILES string of the molecule is c1ccc(Nc2ccnc(N3CCc4ccccc4C3)n2)cc1. The van der Waals surface area contributed by atoms with Crippen LogP contribution in [0.2, 0.25) is 0 Å². The van der Waals surface area contributed by atoms with Crippen molar-refractivity contribution in [1.29, 1.82) is 0 Å². The number of aromatic nitrogens is 2. The third kappa shape index (κ3) is 3.01. The van der Waals surface area contributed by atoms with E-state index in [1.165, 1.54) is 11.1 Å². The minimum atomic E-state index is 0.778. The van der Waals surface area contributed by atoms with Crippen LogP contribution in [0.4, 0.5) is 17.5 Å². The quantitative estimate of drug-likeness (QED) is 0.799. The zero-order valence-electron chi connectivity index (χ0n) is 12.8. The highest BCUT2D eigenvalue weighted by Crippen LogP contribution is 2.23. The van der Waals surface area contributed by atoms with Crippen LogP contribution in [0.25, 0.3) is 0 Å². The lowest BCUT2D eigenvalue weighted by Crippen LogP contribution is -2.31. The Balaban J connectivity index is 1.55. The summed E-state index contributed by atoms with van der Waals surface area (Å²) in [5, 5.41) is 3.32. The Bertz CT molecular complexity index is 801. The molecule has 0 aliphatic carbocycles. The van der Waals surface area contributed by atoms with Crippen LogP contribution in [-0.2, 0) is 13.0 Å². The van der Waals surface area contributed by atoms with Gasteiger partial charge in [0.15, 0.2) is 0 Å². The van der Waals surface area contributed by atoms with Crippen LogP contribution in [-0.4, -0.2) is 16.5 Å². The number of rotatable bonds is 3. The molecule has 4 heteroatoms. The fourth-order valence-electron chi connectivity index (χ4n) is 2.91. The van der Waals surface area contributed by atoms with Crippen LogP contribution in [0.1, 0.15) is 11.1 Å². The largest absolute Gasteiger partial charge is 0.340 e. The van der Waals surface area contributed by atoms with E-state index < -0.39 is 0 Å². The van der Waals surface area contributed by atoms with E-state index in [1.807, 2.05) is 42.6 Å². The average Bonchev–Trinajstić information content (AvgIpc) is 2.62. The molecule has 0 bridgehead atoms. The number of nitrogens with one attached hydrogen (secondary N) is 1. The van der Waals surface area contributed by atoms with Crippen molar-refractivity contribution in [2.45, 2.75) is 13.0 Å². The number of anilines is 3. The third-order valence-corrected chi connectivity index (χ3v) is 4.10. The second-order valence-corrected chi connectivity index (χ2v) is 5.67. The summed E-state index contributed by atoms with van der Waals surface area (Å²) < 4.78 is 0. The third-order valence-electron chi connectivity index (χ3n) is 4.10. The lowest BCUT2D eigenvalue weighted by atomic mass is 10.0. The fourth-order valence-corrected chi connectivity index (χ4v) is 2.91. The molecule has 23 heavy (non-hydrogen) atoms. The molecular formula is C19H18N4. The smallest absolute Gasteiger partial charge is 0.227 e. The summed E-state index contributed by atoms with van der Waals surface area (Å²) in [7, 11) is 0. The number of nitrogens with zero attached hydrogens (tertiary/aromatic N) is 3. The molecule has 1 aliphatic rings. The van der Waals surface area contributed by atoms with Crippen molar-refractivity contribution in [2.24, 2.45) is 0 Å². The van der Waals surface area contributed by atoms with E-state index in [-0.39, 0.29) is 0 Å². The zero-order valence-corrected chi connectivity index (χ0v) is 12.8. The maximum atomic E-state index is 4.67. The van der Waals surface area contributed by atoms with Gasteiger partial charge < -0.3 is 10.2 Å². The molecule has 1 N–H and O–H groups in total. The van der Waals surface area contributed by atoms with E-state index in [0.717, 1.165) is 37.0 Å². The van der Waals surface area contributed by atoms with E-state index >= 15 is 0 Å². The first-order valence-corrected chi connectivity index (χ1v) is 7.85. The minimum Gasteiger partial charge on any atom is -0.340 e. The highest BCUT2D eigenvalue weighted by atomic mass is 15.3. The van der Waals surface area contributed by atoms with E-state index in [2.05, 4.69) is 44.5 Å². The van der Waals surface area contributed by atoms with Gasteiger partial charge in [0, 0.05) is 25.0 Å². The summed E-state index contributed by atoms with van der Waals surface area (Å²) in [4.78, 5) is 11.4. The second-order valence-electron chi connectivity index (χ2n) is 5.67. The van der Waals surface area contributed by atoms with Gasteiger partial charge in [0.2, 0.25) is 5.95 Å². The number of fused-ring (bicyclic) bond motifs is 1. The Morgan fingerprint density at radius 2 is 1.65 bits per heavy atom. The molecule has 1 aliphatic heterocycles. The van der Waals surface area contributed by atoms with E-state index in [1.54, 1.807) is 0 Å². The Morgan fingerprint density at radius 1 is 0.870 bits per heavy atom. The molecular weight excluding hydrogens is 284 g/mol. The van der Waals surface area contributed by atoms with Gasteiger partial charge in [0.1, 0.15) is 5.82 Å². The molecule has 0 saturated heterocycles. The predicted molar refractivity (Wildman–Crippen MR) is 93.0 cm³/mol. The molecule has 0 radical (unpaired) electrons. The number of hydrogen-bond donors (Lipinski definition) is 1. The van der Waals surface area contributed by atoms with Crippen LogP contribution < -0.4 is 10.2 Å². The molecule has 2 aromatic carbocycles. The molecule has 114 valence electrons. The standard InChI is InChI=1S/C19H18N4/c1-2-8-17(9-3-1)21-18-10-12-20-19(22-18)23-13-11-15-6-4-5-7-16(15)14-23/h1-10,12H,11,13-14H2,(H,20,21,22). The first kappa shape index (κ1) is 13.8. The van der Waals surface area contributed by atoms with Crippen molar-refractivity contribution >= 4 is 17.5 Å². The number of hydrogen-bond acceptors (Lipinski definition) is 4. The Kier molecular flexibility index (Phi) is 3.64. The fraction of sp³-hybridized carbons (Fsp3) is 0.158. The van der Waals surface area contributed by atoms with Crippen molar-refractivity contribution in [3.8, 4) is 0 Å². The maximum Gasteiger partial charge on any atom is 0.227 e. The molecule has 0 unspecified atom stereocenters. The van der Waals surface area contributed by atoms with Crippen LogP contribution in [0, 0.1) is 0 Å². The van der Waals surface area contributed by atoms with Gasteiger partial charge in [-0.1, -0.05) is 42.5 Å². The zero-order chi connectivity index (χ0) is 15.5. The number of para-hydroxylation sites is 1. The van der Waals surface area contributed by atoms with Crippen LogP contribution in [0.5, 0.6) is 0 Å². The topological polar surface area (TPSA) is 41.1 Å².